The lowest BCUT2D eigenvalue weighted by atomic mass is 9.96. The van der Waals surface area contributed by atoms with E-state index in [1.807, 2.05) is 0 Å². The van der Waals surface area contributed by atoms with Gasteiger partial charge in [0.1, 0.15) is 67.1 Å². The fourth-order valence-electron chi connectivity index (χ4n) is 4.16. The van der Waals surface area contributed by atoms with Crippen LogP contribution in [0, 0.1) is 0 Å². The van der Waals surface area contributed by atoms with Crippen LogP contribution in [0.2, 0.25) is 0 Å². The zero-order chi connectivity index (χ0) is 25.3. The van der Waals surface area contributed by atoms with Gasteiger partial charge in [0.05, 0.1) is 19.3 Å². The summed E-state index contributed by atoms with van der Waals surface area (Å²) in [6, 6.07) is 0. The van der Waals surface area contributed by atoms with Crippen LogP contribution in [0.5, 0.6) is 0 Å². The van der Waals surface area contributed by atoms with Crippen molar-refractivity contribution < 1.29 is 74.4 Å². The van der Waals surface area contributed by atoms with Gasteiger partial charge in [-0.3, -0.25) is 0 Å². The van der Waals surface area contributed by atoms with E-state index in [9.17, 15) is 46.0 Å². The Morgan fingerprint density at radius 3 is 1.62 bits per heavy atom. The number of ether oxygens (including phenoxy) is 6. The lowest BCUT2D eigenvalue weighted by Gasteiger charge is -2.48. The van der Waals surface area contributed by atoms with E-state index in [0.29, 0.717) is 0 Å². The van der Waals surface area contributed by atoms with Crippen molar-refractivity contribution in [1.82, 2.24) is 0 Å². The van der Waals surface area contributed by atoms with Crippen LogP contribution in [0.15, 0.2) is 0 Å². The van der Waals surface area contributed by atoms with E-state index in [0.717, 1.165) is 0 Å². The zero-order valence-electron chi connectivity index (χ0n) is 18.5. The Kier molecular flexibility index (Phi) is 9.57. The molecule has 15 nitrogen and oxygen atoms in total. The van der Waals surface area contributed by atoms with Gasteiger partial charge >= 0.3 is 0 Å². The van der Waals surface area contributed by atoms with Crippen LogP contribution >= 0.6 is 0 Å². The number of rotatable bonds is 7. The largest absolute Gasteiger partial charge is 0.394 e. The first-order valence-corrected chi connectivity index (χ1v) is 10.8. The van der Waals surface area contributed by atoms with E-state index >= 15 is 0 Å². The summed E-state index contributed by atoms with van der Waals surface area (Å²) >= 11 is 0. The second-order valence-corrected chi connectivity index (χ2v) is 8.53. The second-order valence-electron chi connectivity index (χ2n) is 8.53. The molecule has 0 aliphatic carbocycles. The standard InChI is InChI=1S/C19H34O15/c1-5-8(22)10(24)12(26)17(30-5)34-16-14(28)15(7(4-21)32-19(16)29-2)33-18-13(27)11(25)9(23)6(3-20)31-18/h5-28H,3-4H2,1-2H3/t5?,6?,7?,8?,9?,10?,11?,12?,13?,14-,15?,16+,17?,18?,19?/m1/s1. The molecule has 0 aromatic rings. The molecule has 0 bridgehead atoms. The minimum atomic E-state index is -1.79. The second kappa shape index (κ2) is 11.6. The quantitative estimate of drug-likeness (QED) is 0.157. The SMILES string of the molecule is COC1OC(CO)C(OC2OC(CO)C(O)C(O)C2O)[C@@H](O)[C@@H]1OC1OC(C)C(O)C(O)C1O. The van der Waals surface area contributed by atoms with Crippen molar-refractivity contribution in [2.24, 2.45) is 0 Å². The third-order valence-electron chi connectivity index (χ3n) is 6.27. The molecule has 0 radical (unpaired) electrons. The molecule has 0 aromatic carbocycles. The van der Waals surface area contributed by atoms with Gasteiger partial charge in [0.15, 0.2) is 18.9 Å². The molecule has 15 atom stereocenters. The maximum absolute atomic E-state index is 11.0. The van der Waals surface area contributed by atoms with Gasteiger partial charge in [-0.2, -0.15) is 0 Å². The van der Waals surface area contributed by atoms with E-state index in [-0.39, 0.29) is 0 Å². The summed E-state index contributed by atoms with van der Waals surface area (Å²) in [5, 5.41) is 90.4. The van der Waals surface area contributed by atoms with E-state index in [4.69, 9.17) is 28.4 Å². The van der Waals surface area contributed by atoms with Crippen LogP contribution in [0.3, 0.4) is 0 Å². The van der Waals surface area contributed by atoms with Crippen molar-refractivity contribution in [3.8, 4) is 0 Å². The van der Waals surface area contributed by atoms with Crippen molar-refractivity contribution in [3.63, 3.8) is 0 Å². The molecule has 3 heterocycles. The third-order valence-corrected chi connectivity index (χ3v) is 6.27. The summed E-state index contributed by atoms with van der Waals surface area (Å²) in [4.78, 5) is 0. The predicted octanol–water partition coefficient (Wildman–Crippen LogP) is -5.89. The Morgan fingerprint density at radius 1 is 0.559 bits per heavy atom. The molecule has 3 aliphatic rings. The zero-order valence-corrected chi connectivity index (χ0v) is 18.5. The number of methoxy groups -OCH3 is 1. The number of hydrogen-bond donors (Lipinski definition) is 9. The van der Waals surface area contributed by atoms with Gasteiger partial charge < -0.3 is 74.4 Å². The molecule has 13 unspecified atom stereocenters. The molecule has 0 amide bonds. The molecule has 9 N–H and O–H groups in total. The minimum Gasteiger partial charge on any atom is -0.394 e. The van der Waals surface area contributed by atoms with Crippen molar-refractivity contribution >= 4 is 0 Å². The molecule has 0 spiro atoms. The van der Waals surface area contributed by atoms with E-state index in [1.54, 1.807) is 0 Å². The third kappa shape index (κ3) is 5.39. The molecule has 0 aromatic heterocycles. The molecule has 3 rings (SSSR count). The van der Waals surface area contributed by atoms with Gasteiger partial charge in [-0.15, -0.1) is 0 Å². The molecule has 3 fully saturated rings. The summed E-state index contributed by atoms with van der Waals surface area (Å²) in [7, 11) is 1.22. The molecular formula is C19H34O15. The number of aliphatic hydroxyl groups is 9. The maximum Gasteiger partial charge on any atom is 0.187 e. The number of aliphatic hydroxyl groups excluding tert-OH is 9. The van der Waals surface area contributed by atoms with Crippen molar-refractivity contribution in [1.29, 1.82) is 0 Å². The minimum absolute atomic E-state index is 0.684. The fourth-order valence-corrected chi connectivity index (χ4v) is 4.16. The lowest BCUT2D eigenvalue weighted by Crippen LogP contribution is -2.66. The Morgan fingerprint density at radius 2 is 1.06 bits per heavy atom. The Labute approximate surface area is 194 Å². The van der Waals surface area contributed by atoms with E-state index < -0.39 is 105 Å². The molecule has 34 heavy (non-hydrogen) atoms. The van der Waals surface area contributed by atoms with E-state index in [1.165, 1.54) is 14.0 Å². The molecule has 3 aliphatic heterocycles. The summed E-state index contributed by atoms with van der Waals surface area (Å²) in [6.07, 6.45) is -22.4. The normalized spacial score (nSPS) is 52.5. The highest BCUT2D eigenvalue weighted by Crippen LogP contribution is 2.32. The molecular weight excluding hydrogens is 468 g/mol. The monoisotopic (exact) mass is 502 g/mol. The van der Waals surface area contributed by atoms with Crippen LogP contribution in [0.25, 0.3) is 0 Å². The fraction of sp³-hybridized carbons (Fsp3) is 1.00. The van der Waals surface area contributed by atoms with Crippen molar-refractivity contribution in [3.05, 3.63) is 0 Å². The summed E-state index contributed by atoms with van der Waals surface area (Å²) in [5.74, 6) is 0. The highest BCUT2D eigenvalue weighted by atomic mass is 16.8. The summed E-state index contributed by atoms with van der Waals surface area (Å²) < 4.78 is 32.7. The van der Waals surface area contributed by atoms with Gasteiger partial charge in [-0.25, -0.2) is 0 Å². The lowest BCUT2D eigenvalue weighted by molar-refractivity contribution is -0.383. The van der Waals surface area contributed by atoms with Crippen LogP contribution < -0.4 is 0 Å². The summed E-state index contributed by atoms with van der Waals surface area (Å²) in [5.41, 5.74) is 0. The van der Waals surface area contributed by atoms with Crippen LogP contribution in [-0.4, -0.2) is 158 Å². The molecule has 15 heteroatoms. The van der Waals surface area contributed by atoms with Crippen LogP contribution in [0.1, 0.15) is 6.92 Å². The Hall–Kier alpha value is -0.600. The van der Waals surface area contributed by atoms with Crippen LogP contribution in [0.4, 0.5) is 0 Å². The highest BCUT2D eigenvalue weighted by Gasteiger charge is 2.53. The topological polar surface area (TPSA) is 237 Å². The molecule has 3 saturated heterocycles. The van der Waals surface area contributed by atoms with Gasteiger partial charge in [-0.05, 0) is 6.92 Å². The van der Waals surface area contributed by atoms with Gasteiger partial charge in [-0.1, -0.05) is 0 Å². The van der Waals surface area contributed by atoms with Crippen molar-refractivity contribution in [2.75, 3.05) is 20.3 Å². The first-order chi connectivity index (χ1) is 16.0. The highest BCUT2D eigenvalue weighted by molar-refractivity contribution is 4.96. The smallest absolute Gasteiger partial charge is 0.187 e. The molecule has 200 valence electrons. The maximum atomic E-state index is 11.0. The predicted molar refractivity (Wildman–Crippen MR) is 105 cm³/mol. The van der Waals surface area contributed by atoms with E-state index in [2.05, 4.69) is 0 Å². The average molecular weight is 502 g/mol. The number of hydrogen-bond acceptors (Lipinski definition) is 15. The Balaban J connectivity index is 1.78. The van der Waals surface area contributed by atoms with Crippen LogP contribution in [-0.2, 0) is 28.4 Å². The first-order valence-electron chi connectivity index (χ1n) is 10.8. The van der Waals surface area contributed by atoms with Gasteiger partial charge in [0.2, 0.25) is 0 Å². The van der Waals surface area contributed by atoms with Crippen molar-refractivity contribution in [2.45, 2.75) is 99.0 Å². The van der Waals surface area contributed by atoms with Gasteiger partial charge in [0, 0.05) is 7.11 Å². The summed E-state index contributed by atoms with van der Waals surface area (Å²) in [6.45, 7) is 0.0412. The average Bonchev–Trinajstić information content (AvgIpc) is 2.83. The van der Waals surface area contributed by atoms with Gasteiger partial charge in [0.25, 0.3) is 0 Å². The Bertz CT molecular complexity index is 639. The molecule has 0 saturated carbocycles. The first kappa shape index (κ1) is 28.0.